The van der Waals surface area contributed by atoms with E-state index in [1.54, 1.807) is 6.92 Å². The zero-order valence-electron chi connectivity index (χ0n) is 19.6. The van der Waals surface area contributed by atoms with Gasteiger partial charge in [0.2, 0.25) is 11.8 Å². The molecule has 0 heterocycles. The SMILES string of the molecule is CCCC(C)COc1ccc([C@H](CNC(=O)[C@@H](C)N)NC(=O)C(C)c2ccccc2)cc1. The highest BCUT2D eigenvalue weighted by Crippen LogP contribution is 2.21. The first-order chi connectivity index (χ1) is 15.3. The van der Waals surface area contributed by atoms with Crippen LogP contribution in [-0.2, 0) is 9.59 Å². The molecule has 4 atom stereocenters. The molecular formula is C26H37N3O3. The summed E-state index contributed by atoms with van der Waals surface area (Å²) in [6, 6.07) is 16.3. The minimum absolute atomic E-state index is 0.107. The molecule has 0 aliphatic carbocycles. The Kier molecular flexibility index (Phi) is 10.2. The van der Waals surface area contributed by atoms with Gasteiger partial charge in [0.15, 0.2) is 0 Å². The minimum Gasteiger partial charge on any atom is -0.493 e. The summed E-state index contributed by atoms with van der Waals surface area (Å²) in [5.41, 5.74) is 7.49. The van der Waals surface area contributed by atoms with Gasteiger partial charge in [0.25, 0.3) is 0 Å². The van der Waals surface area contributed by atoms with Crippen molar-refractivity contribution in [3.63, 3.8) is 0 Å². The van der Waals surface area contributed by atoms with E-state index in [1.165, 1.54) is 0 Å². The molecular weight excluding hydrogens is 402 g/mol. The molecule has 2 aromatic carbocycles. The van der Waals surface area contributed by atoms with E-state index in [0.717, 1.165) is 29.7 Å². The van der Waals surface area contributed by atoms with Crippen LogP contribution in [0.4, 0.5) is 0 Å². The predicted molar refractivity (Wildman–Crippen MR) is 128 cm³/mol. The maximum Gasteiger partial charge on any atom is 0.236 e. The summed E-state index contributed by atoms with van der Waals surface area (Å²) < 4.78 is 5.89. The number of nitrogens with two attached hydrogens (primary N) is 1. The van der Waals surface area contributed by atoms with E-state index in [4.69, 9.17) is 10.5 Å². The van der Waals surface area contributed by atoms with Crippen LogP contribution >= 0.6 is 0 Å². The van der Waals surface area contributed by atoms with Crippen LogP contribution in [0.5, 0.6) is 5.75 Å². The lowest BCUT2D eigenvalue weighted by Gasteiger charge is -2.23. The third-order valence-electron chi connectivity index (χ3n) is 5.50. The second kappa shape index (κ2) is 12.9. The van der Waals surface area contributed by atoms with Gasteiger partial charge in [-0.15, -0.1) is 0 Å². The standard InChI is InChI=1S/C26H37N3O3/c1-5-9-18(2)17-32-23-14-12-22(13-15-23)24(16-28-26(31)20(4)27)29-25(30)19(3)21-10-7-6-8-11-21/h6-8,10-15,18-20,24H,5,9,16-17,27H2,1-4H3,(H,28,31)(H,29,30)/t18?,19?,20-,24+/m1/s1. The molecule has 2 rings (SSSR count). The number of carbonyl (C=O) groups excluding carboxylic acids is 2. The lowest BCUT2D eigenvalue weighted by molar-refractivity contribution is -0.124. The van der Waals surface area contributed by atoms with Crippen molar-refractivity contribution in [1.29, 1.82) is 0 Å². The highest BCUT2D eigenvalue weighted by molar-refractivity contribution is 5.84. The number of hydrogen-bond donors (Lipinski definition) is 3. The molecule has 32 heavy (non-hydrogen) atoms. The lowest BCUT2D eigenvalue weighted by atomic mass is 9.99. The average molecular weight is 440 g/mol. The fourth-order valence-corrected chi connectivity index (χ4v) is 3.42. The van der Waals surface area contributed by atoms with E-state index < -0.39 is 6.04 Å². The molecule has 174 valence electrons. The van der Waals surface area contributed by atoms with E-state index in [-0.39, 0.29) is 30.3 Å². The topological polar surface area (TPSA) is 93.4 Å². The Balaban J connectivity index is 2.10. The predicted octanol–water partition coefficient (Wildman–Crippen LogP) is 3.93. The molecule has 2 aromatic rings. The van der Waals surface area contributed by atoms with Gasteiger partial charge in [-0.2, -0.15) is 0 Å². The van der Waals surface area contributed by atoms with Crippen LogP contribution in [0.15, 0.2) is 54.6 Å². The maximum absolute atomic E-state index is 12.9. The van der Waals surface area contributed by atoms with Crippen molar-refractivity contribution in [2.45, 2.75) is 58.5 Å². The van der Waals surface area contributed by atoms with Crippen molar-refractivity contribution in [3.8, 4) is 5.75 Å². The fourth-order valence-electron chi connectivity index (χ4n) is 3.42. The Bertz CT molecular complexity index is 837. The highest BCUT2D eigenvalue weighted by atomic mass is 16.5. The van der Waals surface area contributed by atoms with Crippen LogP contribution in [0.2, 0.25) is 0 Å². The largest absolute Gasteiger partial charge is 0.493 e. The van der Waals surface area contributed by atoms with Gasteiger partial charge in [0.1, 0.15) is 5.75 Å². The Morgan fingerprint density at radius 3 is 2.19 bits per heavy atom. The summed E-state index contributed by atoms with van der Waals surface area (Å²) in [5, 5.41) is 5.90. The summed E-state index contributed by atoms with van der Waals surface area (Å²) in [5.74, 6) is 0.611. The molecule has 6 nitrogen and oxygen atoms in total. The fraction of sp³-hybridized carbons (Fsp3) is 0.462. The van der Waals surface area contributed by atoms with Crippen LogP contribution in [0.25, 0.3) is 0 Å². The van der Waals surface area contributed by atoms with Gasteiger partial charge in [0, 0.05) is 6.54 Å². The number of benzene rings is 2. The molecule has 0 saturated heterocycles. The molecule has 4 N–H and O–H groups in total. The normalized spacial score (nSPS) is 14.7. The third kappa shape index (κ3) is 8.00. The van der Waals surface area contributed by atoms with Crippen LogP contribution in [-0.4, -0.2) is 31.0 Å². The van der Waals surface area contributed by atoms with E-state index in [1.807, 2.05) is 61.5 Å². The summed E-state index contributed by atoms with van der Waals surface area (Å²) in [6.07, 6.45) is 2.27. The van der Waals surface area contributed by atoms with Crippen LogP contribution in [0.3, 0.4) is 0 Å². The van der Waals surface area contributed by atoms with Crippen LogP contribution < -0.4 is 21.1 Å². The van der Waals surface area contributed by atoms with E-state index in [0.29, 0.717) is 12.5 Å². The molecule has 0 saturated carbocycles. The molecule has 0 aliphatic rings. The maximum atomic E-state index is 12.9. The first-order valence-electron chi connectivity index (χ1n) is 11.4. The van der Waals surface area contributed by atoms with E-state index >= 15 is 0 Å². The number of amides is 2. The van der Waals surface area contributed by atoms with Gasteiger partial charge >= 0.3 is 0 Å². The monoisotopic (exact) mass is 439 g/mol. The number of rotatable bonds is 12. The number of ether oxygens (including phenoxy) is 1. The second-order valence-corrected chi connectivity index (χ2v) is 8.50. The zero-order valence-corrected chi connectivity index (χ0v) is 19.6. The Morgan fingerprint density at radius 1 is 0.938 bits per heavy atom. The van der Waals surface area contributed by atoms with Gasteiger partial charge in [-0.25, -0.2) is 0 Å². The Morgan fingerprint density at radius 2 is 1.59 bits per heavy atom. The lowest BCUT2D eigenvalue weighted by Crippen LogP contribution is -2.44. The molecule has 0 spiro atoms. The summed E-state index contributed by atoms with van der Waals surface area (Å²) in [7, 11) is 0. The number of hydrogen-bond acceptors (Lipinski definition) is 4. The van der Waals surface area contributed by atoms with Gasteiger partial charge in [-0.3, -0.25) is 9.59 Å². The zero-order chi connectivity index (χ0) is 23.5. The Hall–Kier alpha value is -2.86. The van der Waals surface area contributed by atoms with Crippen LogP contribution in [0, 0.1) is 5.92 Å². The van der Waals surface area contributed by atoms with Crippen molar-refractivity contribution in [2.75, 3.05) is 13.2 Å². The molecule has 0 aliphatic heterocycles. The average Bonchev–Trinajstić information content (AvgIpc) is 2.80. The van der Waals surface area contributed by atoms with Crippen LogP contribution in [0.1, 0.15) is 63.6 Å². The number of carbonyl (C=O) groups is 2. The first-order valence-corrected chi connectivity index (χ1v) is 11.4. The van der Waals surface area contributed by atoms with Crippen molar-refractivity contribution in [1.82, 2.24) is 10.6 Å². The molecule has 0 bridgehead atoms. The smallest absolute Gasteiger partial charge is 0.236 e. The molecule has 2 amide bonds. The van der Waals surface area contributed by atoms with E-state index in [2.05, 4.69) is 24.5 Å². The van der Waals surface area contributed by atoms with Crippen molar-refractivity contribution in [3.05, 3.63) is 65.7 Å². The highest BCUT2D eigenvalue weighted by Gasteiger charge is 2.21. The van der Waals surface area contributed by atoms with Gasteiger partial charge < -0.3 is 21.1 Å². The quantitative estimate of drug-likeness (QED) is 0.467. The first kappa shape index (κ1) is 25.4. The van der Waals surface area contributed by atoms with Gasteiger partial charge in [0.05, 0.1) is 24.6 Å². The van der Waals surface area contributed by atoms with Crippen molar-refractivity contribution in [2.24, 2.45) is 11.7 Å². The van der Waals surface area contributed by atoms with Gasteiger partial charge in [-0.1, -0.05) is 62.7 Å². The summed E-state index contributed by atoms with van der Waals surface area (Å²) in [6.45, 7) is 8.78. The minimum atomic E-state index is -0.615. The summed E-state index contributed by atoms with van der Waals surface area (Å²) >= 11 is 0. The molecule has 0 radical (unpaired) electrons. The van der Waals surface area contributed by atoms with E-state index in [9.17, 15) is 9.59 Å². The third-order valence-corrected chi connectivity index (χ3v) is 5.50. The van der Waals surface area contributed by atoms with Crippen molar-refractivity contribution < 1.29 is 14.3 Å². The summed E-state index contributed by atoms with van der Waals surface area (Å²) in [4.78, 5) is 24.9. The Labute approximate surface area is 191 Å². The number of nitrogens with one attached hydrogen (secondary N) is 2. The molecule has 2 unspecified atom stereocenters. The van der Waals surface area contributed by atoms with Gasteiger partial charge in [-0.05, 0) is 49.4 Å². The molecule has 0 fully saturated rings. The molecule has 0 aromatic heterocycles. The second-order valence-electron chi connectivity index (χ2n) is 8.50. The molecule has 6 heteroatoms. The van der Waals surface area contributed by atoms with Crippen molar-refractivity contribution >= 4 is 11.8 Å².